The van der Waals surface area contributed by atoms with Crippen LogP contribution in [0.3, 0.4) is 0 Å². The van der Waals surface area contributed by atoms with Crippen LogP contribution in [-0.4, -0.2) is 44.1 Å². The molecule has 2 rings (SSSR count). The number of benzene rings is 2. The Bertz CT molecular complexity index is 611. The summed E-state index contributed by atoms with van der Waals surface area (Å²) < 4.78 is 5.72. The van der Waals surface area contributed by atoms with E-state index in [0.717, 1.165) is 17.3 Å². The highest BCUT2D eigenvalue weighted by molar-refractivity contribution is 5.84. The molecule has 0 spiro atoms. The van der Waals surface area contributed by atoms with Crippen molar-refractivity contribution < 1.29 is 9.53 Å². The lowest BCUT2D eigenvalue weighted by molar-refractivity contribution is -0.127. The number of nitrogens with one attached hydrogen (secondary N) is 1. The Morgan fingerprint density at radius 3 is 2.62 bits per heavy atom. The number of amides is 1. The minimum Gasteiger partial charge on any atom is -0.481 e. The van der Waals surface area contributed by atoms with Crippen LogP contribution in [0.4, 0.5) is 0 Å². The fourth-order valence-corrected chi connectivity index (χ4v) is 2.04. The highest BCUT2D eigenvalue weighted by atomic mass is 16.5. The van der Waals surface area contributed by atoms with Crippen molar-refractivity contribution in [3.05, 3.63) is 42.5 Å². The van der Waals surface area contributed by atoms with Crippen LogP contribution < -0.4 is 10.1 Å². The van der Waals surface area contributed by atoms with E-state index < -0.39 is 6.10 Å². The second-order valence-electron chi connectivity index (χ2n) is 5.36. The van der Waals surface area contributed by atoms with Gasteiger partial charge in [-0.2, -0.15) is 0 Å². The summed E-state index contributed by atoms with van der Waals surface area (Å²) in [6.45, 7) is 3.20. The zero-order valence-corrected chi connectivity index (χ0v) is 12.8. The summed E-state index contributed by atoms with van der Waals surface area (Å²) in [5, 5.41) is 5.13. The van der Waals surface area contributed by atoms with Gasteiger partial charge in [-0.25, -0.2) is 0 Å². The van der Waals surface area contributed by atoms with E-state index >= 15 is 0 Å². The van der Waals surface area contributed by atoms with Crippen LogP contribution in [0.5, 0.6) is 5.75 Å². The van der Waals surface area contributed by atoms with Gasteiger partial charge in [0, 0.05) is 13.1 Å². The molecule has 0 fully saturated rings. The lowest BCUT2D eigenvalue weighted by Gasteiger charge is -2.16. The van der Waals surface area contributed by atoms with Crippen molar-refractivity contribution in [3.63, 3.8) is 0 Å². The van der Waals surface area contributed by atoms with Crippen LogP contribution in [0.1, 0.15) is 6.92 Å². The first-order chi connectivity index (χ1) is 10.1. The quantitative estimate of drug-likeness (QED) is 0.886. The minimum atomic E-state index is -0.506. The van der Waals surface area contributed by atoms with E-state index in [0.29, 0.717) is 12.3 Å². The molecule has 1 atom stereocenters. The Kier molecular flexibility index (Phi) is 5.17. The Morgan fingerprint density at radius 2 is 1.90 bits per heavy atom. The van der Waals surface area contributed by atoms with E-state index in [1.807, 2.05) is 55.4 Å². The topological polar surface area (TPSA) is 41.6 Å². The van der Waals surface area contributed by atoms with Gasteiger partial charge in [-0.05, 0) is 43.9 Å². The summed E-state index contributed by atoms with van der Waals surface area (Å²) in [4.78, 5) is 14.0. The van der Waals surface area contributed by atoms with E-state index in [1.165, 1.54) is 0 Å². The molecule has 0 aromatic heterocycles. The van der Waals surface area contributed by atoms with Gasteiger partial charge in [0.1, 0.15) is 5.75 Å². The predicted molar refractivity (Wildman–Crippen MR) is 85.6 cm³/mol. The molecule has 4 heteroatoms. The monoisotopic (exact) mass is 286 g/mol. The molecule has 2 aromatic carbocycles. The molecular weight excluding hydrogens is 264 g/mol. The molecule has 0 aliphatic carbocycles. The molecule has 1 amide bonds. The molecule has 0 aliphatic rings. The van der Waals surface area contributed by atoms with Gasteiger partial charge in [-0.1, -0.05) is 30.3 Å². The molecule has 0 saturated heterocycles. The summed E-state index contributed by atoms with van der Waals surface area (Å²) in [5.41, 5.74) is 0. The summed E-state index contributed by atoms with van der Waals surface area (Å²) in [6, 6.07) is 13.9. The number of nitrogens with zero attached hydrogens (tertiary/aromatic N) is 1. The first kappa shape index (κ1) is 15.3. The number of fused-ring (bicyclic) bond motifs is 1. The number of ether oxygens (including phenoxy) is 1. The van der Waals surface area contributed by atoms with E-state index in [1.54, 1.807) is 6.92 Å². The second-order valence-corrected chi connectivity index (χ2v) is 5.36. The smallest absolute Gasteiger partial charge is 0.260 e. The molecular formula is C17H22N2O2. The molecule has 4 nitrogen and oxygen atoms in total. The Balaban J connectivity index is 1.94. The highest BCUT2D eigenvalue weighted by Crippen LogP contribution is 2.21. The van der Waals surface area contributed by atoms with E-state index in [2.05, 4.69) is 11.4 Å². The third-order valence-corrected chi connectivity index (χ3v) is 3.26. The van der Waals surface area contributed by atoms with Crippen LogP contribution in [0.15, 0.2) is 42.5 Å². The highest BCUT2D eigenvalue weighted by Gasteiger charge is 2.14. The Morgan fingerprint density at radius 1 is 1.19 bits per heavy atom. The van der Waals surface area contributed by atoms with Gasteiger partial charge in [-0.3, -0.25) is 4.79 Å². The van der Waals surface area contributed by atoms with Gasteiger partial charge in [0.05, 0.1) is 0 Å². The number of hydrogen-bond acceptors (Lipinski definition) is 3. The summed E-state index contributed by atoms with van der Waals surface area (Å²) in [5.74, 6) is 0.619. The lowest BCUT2D eigenvalue weighted by Crippen LogP contribution is -2.39. The number of rotatable bonds is 6. The fourth-order valence-electron chi connectivity index (χ4n) is 2.04. The molecule has 112 valence electrons. The van der Waals surface area contributed by atoms with Crippen LogP contribution in [0.25, 0.3) is 10.8 Å². The molecule has 21 heavy (non-hydrogen) atoms. The maximum absolute atomic E-state index is 11.9. The number of hydrogen-bond donors (Lipinski definition) is 1. The average Bonchev–Trinajstić information content (AvgIpc) is 2.46. The first-order valence-corrected chi connectivity index (χ1v) is 7.14. The van der Waals surface area contributed by atoms with Crippen molar-refractivity contribution in [2.45, 2.75) is 13.0 Å². The standard InChI is InChI=1S/C17H22N2O2/c1-13(17(20)18-10-11-19(2)3)21-16-9-8-14-6-4-5-7-15(14)12-16/h4-9,12-13H,10-11H2,1-3H3,(H,18,20). The summed E-state index contributed by atoms with van der Waals surface area (Å²) >= 11 is 0. The van der Waals surface area contributed by atoms with Crippen molar-refractivity contribution >= 4 is 16.7 Å². The largest absolute Gasteiger partial charge is 0.481 e. The van der Waals surface area contributed by atoms with Crippen LogP contribution in [-0.2, 0) is 4.79 Å². The van der Waals surface area contributed by atoms with E-state index in [9.17, 15) is 4.79 Å². The van der Waals surface area contributed by atoms with Gasteiger partial charge in [0.2, 0.25) is 0 Å². The van der Waals surface area contributed by atoms with E-state index in [4.69, 9.17) is 4.74 Å². The molecule has 0 radical (unpaired) electrons. The SMILES string of the molecule is CC(Oc1ccc2ccccc2c1)C(=O)NCCN(C)C. The van der Waals surface area contributed by atoms with Crippen molar-refractivity contribution in [1.82, 2.24) is 10.2 Å². The predicted octanol–water partition coefficient (Wildman–Crippen LogP) is 2.28. The fraction of sp³-hybridized carbons (Fsp3) is 0.353. The first-order valence-electron chi connectivity index (χ1n) is 7.14. The zero-order chi connectivity index (χ0) is 15.2. The number of carbonyl (C=O) groups is 1. The third kappa shape index (κ3) is 4.46. The van der Waals surface area contributed by atoms with Crippen LogP contribution >= 0.6 is 0 Å². The zero-order valence-electron chi connectivity index (χ0n) is 12.8. The van der Waals surface area contributed by atoms with Crippen LogP contribution in [0.2, 0.25) is 0 Å². The van der Waals surface area contributed by atoms with Gasteiger partial charge < -0.3 is 15.0 Å². The average molecular weight is 286 g/mol. The molecule has 0 bridgehead atoms. The van der Waals surface area contributed by atoms with Gasteiger partial charge in [0.25, 0.3) is 5.91 Å². The minimum absolute atomic E-state index is 0.0926. The third-order valence-electron chi connectivity index (χ3n) is 3.26. The van der Waals surface area contributed by atoms with Crippen molar-refractivity contribution in [2.24, 2.45) is 0 Å². The van der Waals surface area contributed by atoms with Gasteiger partial charge >= 0.3 is 0 Å². The molecule has 1 N–H and O–H groups in total. The summed E-state index contributed by atoms with van der Waals surface area (Å²) in [7, 11) is 3.95. The molecule has 2 aromatic rings. The second kappa shape index (κ2) is 7.09. The number of carbonyl (C=O) groups excluding carboxylic acids is 1. The Hall–Kier alpha value is -2.07. The lowest BCUT2D eigenvalue weighted by atomic mass is 10.1. The molecule has 0 aliphatic heterocycles. The summed E-state index contributed by atoms with van der Waals surface area (Å²) in [6.07, 6.45) is -0.506. The van der Waals surface area contributed by atoms with Gasteiger partial charge in [0.15, 0.2) is 6.10 Å². The van der Waals surface area contributed by atoms with Crippen molar-refractivity contribution in [3.8, 4) is 5.75 Å². The maximum atomic E-state index is 11.9. The normalized spacial score (nSPS) is 12.4. The molecule has 1 unspecified atom stereocenters. The maximum Gasteiger partial charge on any atom is 0.260 e. The van der Waals surface area contributed by atoms with Crippen LogP contribution in [0, 0.1) is 0 Å². The number of likely N-dealkylation sites (N-methyl/N-ethyl adjacent to an activating group) is 1. The molecule has 0 heterocycles. The van der Waals surface area contributed by atoms with Crippen molar-refractivity contribution in [1.29, 1.82) is 0 Å². The van der Waals surface area contributed by atoms with Gasteiger partial charge in [-0.15, -0.1) is 0 Å². The van der Waals surface area contributed by atoms with Crippen molar-refractivity contribution in [2.75, 3.05) is 27.2 Å². The van der Waals surface area contributed by atoms with E-state index in [-0.39, 0.29) is 5.91 Å². The molecule has 0 saturated carbocycles. The Labute approximate surface area is 125 Å².